The molecule has 0 aliphatic carbocycles. The van der Waals surface area contributed by atoms with E-state index in [2.05, 4.69) is 21.2 Å². The van der Waals surface area contributed by atoms with Crippen molar-refractivity contribution in [2.24, 2.45) is 0 Å². The molecule has 0 aliphatic rings. The Morgan fingerprint density at radius 2 is 1.94 bits per heavy atom. The van der Waals surface area contributed by atoms with E-state index in [-0.39, 0.29) is 11.1 Å². The number of carbonyl (C=O) groups excluding carboxylic acids is 1. The van der Waals surface area contributed by atoms with Crippen LogP contribution in [0.4, 0.5) is 5.69 Å². The molecule has 0 unspecified atom stereocenters. The lowest BCUT2D eigenvalue weighted by molar-refractivity contribution is 0.102. The molecule has 1 amide bonds. The lowest BCUT2D eigenvalue weighted by Gasteiger charge is -2.03. The molecule has 0 fully saturated rings. The zero-order chi connectivity index (χ0) is 11.5. The van der Waals surface area contributed by atoms with Gasteiger partial charge in [-0.2, -0.15) is 0 Å². The average Bonchev–Trinajstić information content (AvgIpc) is 2.68. The van der Waals surface area contributed by atoms with Gasteiger partial charge in [-0.15, -0.1) is 0 Å². The van der Waals surface area contributed by atoms with Gasteiger partial charge in [0.2, 0.25) is 5.22 Å². The molecule has 1 N–H and O–H groups in total. The minimum Gasteiger partial charge on any atom is -0.452 e. The van der Waals surface area contributed by atoms with Crippen LogP contribution in [0.3, 0.4) is 0 Å². The summed E-state index contributed by atoms with van der Waals surface area (Å²) < 4.78 is 5.79. The Morgan fingerprint density at radius 1 is 1.25 bits per heavy atom. The third-order valence-corrected chi connectivity index (χ3v) is 2.79. The van der Waals surface area contributed by atoms with Gasteiger partial charge in [-0.25, -0.2) is 0 Å². The summed E-state index contributed by atoms with van der Waals surface area (Å²) in [6.45, 7) is 0. The molecule has 0 radical (unpaired) electrons. The van der Waals surface area contributed by atoms with Crippen molar-refractivity contribution in [2.75, 3.05) is 5.32 Å². The van der Waals surface area contributed by atoms with Crippen LogP contribution in [-0.2, 0) is 0 Å². The van der Waals surface area contributed by atoms with Crippen molar-refractivity contribution in [1.82, 2.24) is 0 Å². The molecule has 1 heterocycles. The van der Waals surface area contributed by atoms with Crippen LogP contribution < -0.4 is 5.32 Å². The van der Waals surface area contributed by atoms with Crippen LogP contribution in [-0.4, -0.2) is 5.91 Å². The summed E-state index contributed by atoms with van der Waals surface area (Å²) in [6, 6.07) is 8.78. The van der Waals surface area contributed by atoms with Gasteiger partial charge in [-0.3, -0.25) is 4.79 Å². The molecule has 2 rings (SSSR count). The predicted molar refractivity (Wildman–Crippen MR) is 65.8 cm³/mol. The summed E-state index contributed by atoms with van der Waals surface area (Å²) >= 11 is 9.00. The highest BCUT2D eigenvalue weighted by Crippen LogP contribution is 2.19. The van der Waals surface area contributed by atoms with E-state index >= 15 is 0 Å². The fourth-order valence-electron chi connectivity index (χ4n) is 1.19. The monoisotopic (exact) mass is 299 g/mol. The first-order valence-corrected chi connectivity index (χ1v) is 5.64. The molecule has 1 aromatic heterocycles. The van der Waals surface area contributed by atoms with Crippen LogP contribution in [0.2, 0.25) is 5.22 Å². The molecular weight excluding hydrogens is 293 g/mol. The second-order valence-electron chi connectivity index (χ2n) is 3.07. The van der Waals surface area contributed by atoms with E-state index in [9.17, 15) is 4.79 Å². The van der Waals surface area contributed by atoms with Crippen LogP contribution in [0.15, 0.2) is 45.5 Å². The van der Waals surface area contributed by atoms with Crippen LogP contribution in [0.25, 0.3) is 0 Å². The van der Waals surface area contributed by atoms with Gasteiger partial charge >= 0.3 is 0 Å². The van der Waals surface area contributed by atoms with Crippen molar-refractivity contribution in [3.05, 3.63) is 51.9 Å². The van der Waals surface area contributed by atoms with Gasteiger partial charge in [-0.05, 0) is 41.9 Å². The van der Waals surface area contributed by atoms with Gasteiger partial charge in [0, 0.05) is 10.2 Å². The molecule has 0 spiro atoms. The molecule has 0 bridgehead atoms. The maximum Gasteiger partial charge on any atom is 0.260 e. The molecule has 0 saturated heterocycles. The quantitative estimate of drug-likeness (QED) is 0.912. The molecule has 2 aromatic rings. The lowest BCUT2D eigenvalue weighted by atomic mass is 10.3. The summed E-state index contributed by atoms with van der Waals surface area (Å²) in [4.78, 5) is 11.7. The van der Waals surface area contributed by atoms with Gasteiger partial charge < -0.3 is 9.73 Å². The summed E-state index contributed by atoms with van der Waals surface area (Å²) in [5.74, 6) is -0.291. The maximum atomic E-state index is 11.7. The Hall–Kier alpha value is -1.26. The van der Waals surface area contributed by atoms with Crippen LogP contribution in [0.1, 0.15) is 10.4 Å². The molecule has 3 nitrogen and oxygen atoms in total. The third-order valence-electron chi connectivity index (χ3n) is 1.96. The number of nitrogens with one attached hydrogen (secondary N) is 1. The second-order valence-corrected chi connectivity index (χ2v) is 4.33. The number of rotatable bonds is 2. The number of amides is 1. The van der Waals surface area contributed by atoms with Crippen LogP contribution in [0.5, 0.6) is 0 Å². The molecule has 16 heavy (non-hydrogen) atoms. The second kappa shape index (κ2) is 4.72. The van der Waals surface area contributed by atoms with Crippen molar-refractivity contribution in [1.29, 1.82) is 0 Å². The number of furan rings is 1. The Morgan fingerprint density at radius 3 is 2.50 bits per heavy atom. The van der Waals surface area contributed by atoms with E-state index in [1.54, 1.807) is 12.1 Å². The lowest BCUT2D eigenvalue weighted by Crippen LogP contribution is -2.11. The maximum absolute atomic E-state index is 11.7. The number of hydrogen-bond acceptors (Lipinski definition) is 2. The molecule has 0 atom stereocenters. The van der Waals surface area contributed by atoms with E-state index in [1.807, 2.05) is 12.1 Å². The van der Waals surface area contributed by atoms with Crippen LogP contribution in [0, 0.1) is 0 Å². The van der Waals surface area contributed by atoms with Gasteiger partial charge in [0.05, 0.1) is 11.8 Å². The number of hydrogen-bond donors (Lipinski definition) is 1. The summed E-state index contributed by atoms with van der Waals surface area (Å²) in [6.07, 6.45) is 1.37. The van der Waals surface area contributed by atoms with Crippen molar-refractivity contribution < 1.29 is 9.21 Å². The van der Waals surface area contributed by atoms with Crippen LogP contribution >= 0.6 is 27.5 Å². The first-order valence-electron chi connectivity index (χ1n) is 4.47. The molecule has 0 aliphatic heterocycles. The molecule has 5 heteroatoms. The highest BCUT2D eigenvalue weighted by molar-refractivity contribution is 9.10. The Labute approximate surface area is 106 Å². The van der Waals surface area contributed by atoms with E-state index < -0.39 is 0 Å². The highest BCUT2D eigenvalue weighted by Gasteiger charge is 2.12. The number of halogens is 2. The summed E-state index contributed by atoms with van der Waals surface area (Å²) in [7, 11) is 0. The van der Waals surface area contributed by atoms with Gasteiger partial charge in [-0.1, -0.05) is 15.9 Å². The first-order chi connectivity index (χ1) is 7.66. The minimum atomic E-state index is -0.291. The zero-order valence-electron chi connectivity index (χ0n) is 8.04. The fraction of sp³-hybridized carbons (Fsp3) is 0. The van der Waals surface area contributed by atoms with Gasteiger partial charge in [0.15, 0.2) is 0 Å². The minimum absolute atomic E-state index is 0.0922. The Balaban J connectivity index is 2.14. The van der Waals surface area contributed by atoms with E-state index in [1.165, 1.54) is 12.3 Å². The largest absolute Gasteiger partial charge is 0.452 e. The Bertz CT molecular complexity index is 507. The van der Waals surface area contributed by atoms with Crippen molar-refractivity contribution >= 4 is 39.1 Å². The summed E-state index contributed by atoms with van der Waals surface area (Å²) in [5, 5.41) is 2.80. The van der Waals surface area contributed by atoms with Crippen molar-refractivity contribution in [3.63, 3.8) is 0 Å². The summed E-state index contributed by atoms with van der Waals surface area (Å²) in [5.41, 5.74) is 1.02. The normalized spacial score (nSPS) is 10.1. The smallest absolute Gasteiger partial charge is 0.260 e. The van der Waals surface area contributed by atoms with Gasteiger partial charge in [0.25, 0.3) is 5.91 Å². The Kier molecular flexibility index (Phi) is 3.31. The number of anilines is 1. The molecule has 1 aromatic carbocycles. The van der Waals surface area contributed by atoms with Gasteiger partial charge in [0.1, 0.15) is 0 Å². The number of benzene rings is 1. The zero-order valence-corrected chi connectivity index (χ0v) is 10.4. The van der Waals surface area contributed by atoms with E-state index in [0.717, 1.165) is 4.47 Å². The van der Waals surface area contributed by atoms with Crippen molar-refractivity contribution in [2.45, 2.75) is 0 Å². The highest BCUT2D eigenvalue weighted by atomic mass is 79.9. The molecule has 0 saturated carbocycles. The first kappa shape index (κ1) is 11.2. The number of carbonyl (C=O) groups is 1. The third kappa shape index (κ3) is 2.46. The van der Waals surface area contributed by atoms with E-state index in [0.29, 0.717) is 11.3 Å². The SMILES string of the molecule is O=C(Nc1ccc(Br)cc1)c1ccoc1Cl. The standard InChI is InChI=1S/C11H7BrClNO2/c12-7-1-3-8(4-2-7)14-11(15)9-5-6-16-10(9)13/h1-6H,(H,14,15). The molecule has 82 valence electrons. The van der Waals surface area contributed by atoms with Crippen molar-refractivity contribution in [3.8, 4) is 0 Å². The fourth-order valence-corrected chi connectivity index (χ4v) is 1.65. The van der Waals surface area contributed by atoms with E-state index in [4.69, 9.17) is 16.0 Å². The topological polar surface area (TPSA) is 42.2 Å². The molecular formula is C11H7BrClNO2. The average molecular weight is 301 g/mol. The predicted octanol–water partition coefficient (Wildman–Crippen LogP) is 3.95.